The molecule has 7 aromatic carbocycles. The van der Waals surface area contributed by atoms with Gasteiger partial charge in [0, 0.05) is 43.1 Å². The molecule has 4 heteroatoms. The average Bonchev–Trinajstić information content (AvgIpc) is 3.80. The first kappa shape index (κ1) is 31.8. The van der Waals surface area contributed by atoms with Crippen molar-refractivity contribution in [3.8, 4) is 11.1 Å². The lowest BCUT2D eigenvalue weighted by molar-refractivity contribution is 0.783. The molecule has 2 aromatic heterocycles. The van der Waals surface area contributed by atoms with Crippen LogP contribution in [0.2, 0.25) is 0 Å². The maximum atomic E-state index is 2.41. The minimum atomic E-state index is 0.527. The Morgan fingerprint density at radius 1 is 0.453 bits per heavy atom. The van der Waals surface area contributed by atoms with Gasteiger partial charge in [0.25, 0.3) is 0 Å². The molecule has 1 aliphatic rings. The van der Waals surface area contributed by atoms with E-state index in [4.69, 9.17) is 0 Å². The number of anilines is 6. The van der Waals surface area contributed by atoms with Crippen molar-refractivity contribution in [3.05, 3.63) is 186 Å². The summed E-state index contributed by atoms with van der Waals surface area (Å²) < 4.78 is 3.95. The Bertz CT molecular complexity index is 2760. The van der Waals surface area contributed by atoms with Crippen molar-refractivity contribution >= 4 is 93.1 Å². The summed E-state index contributed by atoms with van der Waals surface area (Å²) in [5.74, 6) is 0.527. The number of benzene rings is 7. The second kappa shape index (κ2) is 13.2. The van der Waals surface area contributed by atoms with E-state index in [2.05, 4.69) is 199 Å². The zero-order chi connectivity index (χ0) is 35.3. The predicted octanol–water partition coefficient (Wildman–Crippen LogP) is 15.4. The number of allylic oxidation sites excluding steroid dienone is 1. The number of fused-ring (bicyclic) bond motifs is 6. The summed E-state index contributed by atoms with van der Waals surface area (Å²) in [7, 11) is 0. The van der Waals surface area contributed by atoms with Gasteiger partial charge in [-0.15, -0.1) is 22.7 Å². The van der Waals surface area contributed by atoms with Gasteiger partial charge in [-0.1, -0.05) is 116 Å². The van der Waals surface area contributed by atoms with E-state index in [1.54, 1.807) is 0 Å². The highest BCUT2D eigenvalue weighted by atomic mass is 32.1. The summed E-state index contributed by atoms with van der Waals surface area (Å²) in [5, 5.41) is 3.99. The summed E-state index contributed by atoms with van der Waals surface area (Å²) >= 11 is 3.78. The van der Waals surface area contributed by atoms with E-state index in [1.165, 1.54) is 63.2 Å². The maximum absolute atomic E-state index is 2.41. The normalized spacial score (nSPS) is 13.8. The fraction of sp³-hybridized carbons (Fsp3) is 0.0612. The van der Waals surface area contributed by atoms with E-state index in [-0.39, 0.29) is 0 Å². The first-order chi connectivity index (χ1) is 26.2. The molecule has 1 atom stereocenters. The van der Waals surface area contributed by atoms with Crippen LogP contribution in [-0.2, 0) is 0 Å². The molecule has 1 unspecified atom stereocenters. The summed E-state index contributed by atoms with van der Waals surface area (Å²) in [6.45, 7) is 2.35. The van der Waals surface area contributed by atoms with E-state index in [1.807, 2.05) is 22.7 Å². The quantitative estimate of drug-likeness (QED) is 0.162. The molecule has 254 valence electrons. The molecule has 0 N–H and O–H groups in total. The lowest BCUT2D eigenvalue weighted by Crippen LogP contribution is -2.10. The Labute approximate surface area is 318 Å². The molecular weight excluding hydrogens is 681 g/mol. The third-order valence-electron chi connectivity index (χ3n) is 10.5. The highest BCUT2D eigenvalue weighted by Gasteiger charge is 2.23. The van der Waals surface area contributed by atoms with Gasteiger partial charge < -0.3 is 9.80 Å². The smallest absolute Gasteiger partial charge is 0.0640 e. The fourth-order valence-corrected chi connectivity index (χ4v) is 10.5. The van der Waals surface area contributed by atoms with Gasteiger partial charge in [0.2, 0.25) is 0 Å². The molecule has 0 spiro atoms. The number of rotatable bonds is 7. The molecule has 0 saturated carbocycles. The van der Waals surface area contributed by atoms with Crippen LogP contribution in [0.5, 0.6) is 0 Å². The van der Waals surface area contributed by atoms with Crippen LogP contribution in [0.25, 0.3) is 47.5 Å². The van der Waals surface area contributed by atoms with Crippen molar-refractivity contribution in [2.75, 3.05) is 9.80 Å². The predicted molar refractivity (Wildman–Crippen MR) is 232 cm³/mol. The summed E-state index contributed by atoms with van der Waals surface area (Å²) in [5.41, 5.74) is 10.9. The molecule has 0 amide bonds. The van der Waals surface area contributed by atoms with Crippen LogP contribution in [0.15, 0.2) is 176 Å². The Morgan fingerprint density at radius 3 is 1.55 bits per heavy atom. The Balaban J connectivity index is 1.02. The third kappa shape index (κ3) is 5.54. The van der Waals surface area contributed by atoms with Crippen LogP contribution in [0.3, 0.4) is 0 Å². The molecule has 0 radical (unpaired) electrons. The minimum Gasteiger partial charge on any atom is -0.309 e. The van der Waals surface area contributed by atoms with Crippen molar-refractivity contribution < 1.29 is 0 Å². The van der Waals surface area contributed by atoms with E-state index in [0.717, 1.165) is 29.2 Å². The minimum absolute atomic E-state index is 0.527. The van der Waals surface area contributed by atoms with Crippen LogP contribution in [-0.4, -0.2) is 0 Å². The molecule has 0 saturated heterocycles. The molecule has 9 aromatic rings. The highest BCUT2D eigenvalue weighted by molar-refractivity contribution is 7.26. The topological polar surface area (TPSA) is 6.48 Å². The van der Waals surface area contributed by atoms with Gasteiger partial charge >= 0.3 is 0 Å². The lowest BCUT2D eigenvalue weighted by atomic mass is 9.91. The van der Waals surface area contributed by atoms with Gasteiger partial charge in [-0.3, -0.25) is 0 Å². The number of para-hydroxylation sites is 2. The number of nitrogens with zero attached hydrogens (tertiary/aromatic N) is 2. The van der Waals surface area contributed by atoms with E-state index in [9.17, 15) is 0 Å². The Hall–Kier alpha value is -5.94. The van der Waals surface area contributed by atoms with E-state index >= 15 is 0 Å². The van der Waals surface area contributed by atoms with Crippen molar-refractivity contribution in [2.45, 2.75) is 19.3 Å². The molecule has 0 aliphatic heterocycles. The molecule has 53 heavy (non-hydrogen) atoms. The summed E-state index contributed by atoms with van der Waals surface area (Å²) in [6, 6.07) is 61.8. The van der Waals surface area contributed by atoms with Crippen LogP contribution >= 0.6 is 22.7 Å². The molecular formula is C49H36N2S2. The fourth-order valence-electron chi connectivity index (χ4n) is 7.97. The van der Waals surface area contributed by atoms with Crippen LogP contribution in [0, 0.1) is 0 Å². The molecule has 0 bridgehead atoms. The Kier molecular flexibility index (Phi) is 7.93. The maximum Gasteiger partial charge on any atom is 0.0640 e. The average molecular weight is 717 g/mol. The molecule has 10 rings (SSSR count). The first-order valence-corrected chi connectivity index (χ1v) is 19.9. The van der Waals surface area contributed by atoms with Crippen molar-refractivity contribution in [3.63, 3.8) is 0 Å². The van der Waals surface area contributed by atoms with Crippen LogP contribution < -0.4 is 9.80 Å². The van der Waals surface area contributed by atoms with Gasteiger partial charge in [-0.25, -0.2) is 0 Å². The van der Waals surface area contributed by atoms with Crippen molar-refractivity contribution in [1.29, 1.82) is 0 Å². The second-order valence-electron chi connectivity index (χ2n) is 13.8. The molecule has 2 nitrogen and oxygen atoms in total. The van der Waals surface area contributed by atoms with Crippen LogP contribution in [0.1, 0.15) is 29.7 Å². The van der Waals surface area contributed by atoms with Gasteiger partial charge in [0.05, 0.1) is 20.8 Å². The lowest BCUT2D eigenvalue weighted by Gasteiger charge is -2.27. The number of hydrogen-bond acceptors (Lipinski definition) is 4. The first-order valence-electron chi connectivity index (χ1n) is 18.2. The molecule has 2 heterocycles. The largest absolute Gasteiger partial charge is 0.309 e. The SMILES string of the molecule is CC1CC=Cc2sc3c(N(c4ccccc4)c4ccc(-c5ccc(N(c6ccccc6)c6cccc7c6sc6ccccc67)cc5)cc4)cccc3c21. The number of thiophene rings is 2. The van der Waals surface area contributed by atoms with Crippen molar-refractivity contribution in [2.24, 2.45) is 0 Å². The summed E-state index contributed by atoms with van der Waals surface area (Å²) in [4.78, 5) is 6.20. The van der Waals surface area contributed by atoms with E-state index in [0.29, 0.717) is 5.92 Å². The van der Waals surface area contributed by atoms with Crippen molar-refractivity contribution in [1.82, 2.24) is 0 Å². The monoisotopic (exact) mass is 716 g/mol. The standard InChI is InChI=1S/C49H36N2S2/c1-33-13-10-24-46-47(33)42-20-12-22-44(49(42)53-46)51(37-16-6-3-7-17-37)39-31-27-35(28-32-39)34-25-29-38(30-26-34)50(36-14-4-2-5-15-36)43-21-11-19-41-40-18-8-9-23-45(40)52-48(41)43/h2-12,14-33H,13H2,1H3. The third-order valence-corrected chi connectivity index (χ3v) is 12.9. The van der Waals surface area contributed by atoms with Gasteiger partial charge in [0.1, 0.15) is 0 Å². The zero-order valence-corrected chi connectivity index (χ0v) is 30.9. The van der Waals surface area contributed by atoms with E-state index < -0.39 is 0 Å². The van der Waals surface area contributed by atoms with Crippen LogP contribution in [0.4, 0.5) is 34.1 Å². The zero-order valence-electron chi connectivity index (χ0n) is 29.3. The molecule has 0 fully saturated rings. The van der Waals surface area contributed by atoms with Gasteiger partial charge in [-0.05, 0) is 107 Å². The number of hydrogen-bond donors (Lipinski definition) is 0. The summed E-state index contributed by atoms with van der Waals surface area (Å²) in [6.07, 6.45) is 5.74. The van der Waals surface area contributed by atoms with Gasteiger partial charge in [-0.2, -0.15) is 0 Å². The molecule has 1 aliphatic carbocycles. The Morgan fingerprint density at radius 2 is 0.943 bits per heavy atom. The van der Waals surface area contributed by atoms with Gasteiger partial charge in [0.15, 0.2) is 0 Å². The second-order valence-corrected chi connectivity index (χ2v) is 15.9. The highest BCUT2D eigenvalue weighted by Crippen LogP contribution is 2.48.